The van der Waals surface area contributed by atoms with Crippen LogP contribution >= 0.6 is 0 Å². The van der Waals surface area contributed by atoms with Crippen LogP contribution in [0.2, 0.25) is 0 Å². The van der Waals surface area contributed by atoms with E-state index in [1.165, 1.54) is 12.1 Å². The first-order valence-electron chi connectivity index (χ1n) is 10.6. The standard InChI is InChI=1S/C25H19F3O6S2/c1-24(2)18-12-20(33-35(3,29)30)14-8-4-6-10-16(14)22(18)23-17-11-7-5-9-15(17)21(13-19(23)24)34-36(31,32)25(26,27)28/h4-13H,1-3H3. The summed E-state index contributed by atoms with van der Waals surface area (Å²) in [5.41, 5.74) is -3.80. The van der Waals surface area contributed by atoms with Crippen molar-refractivity contribution in [2.24, 2.45) is 0 Å². The van der Waals surface area contributed by atoms with Gasteiger partial charge in [-0.05, 0) is 45.2 Å². The first kappa shape index (κ1) is 24.4. The van der Waals surface area contributed by atoms with E-state index in [4.69, 9.17) is 4.18 Å². The molecule has 0 saturated carbocycles. The maximum absolute atomic E-state index is 13.1. The lowest BCUT2D eigenvalue weighted by Crippen LogP contribution is -2.28. The van der Waals surface area contributed by atoms with Crippen LogP contribution < -0.4 is 8.37 Å². The van der Waals surface area contributed by atoms with Crippen LogP contribution in [0.1, 0.15) is 25.0 Å². The van der Waals surface area contributed by atoms with Gasteiger partial charge in [-0.25, -0.2) is 0 Å². The second kappa shape index (κ2) is 7.59. The molecule has 0 bridgehead atoms. The van der Waals surface area contributed by atoms with Crippen molar-refractivity contribution in [3.8, 4) is 22.6 Å². The van der Waals surface area contributed by atoms with Crippen LogP contribution in [0.4, 0.5) is 13.2 Å². The van der Waals surface area contributed by atoms with Crippen LogP contribution in [0.5, 0.6) is 11.5 Å². The van der Waals surface area contributed by atoms with E-state index in [2.05, 4.69) is 4.18 Å². The largest absolute Gasteiger partial charge is 0.534 e. The summed E-state index contributed by atoms with van der Waals surface area (Å²) < 4.78 is 97.0. The third-order valence-electron chi connectivity index (χ3n) is 6.33. The van der Waals surface area contributed by atoms with Gasteiger partial charge in [0, 0.05) is 16.2 Å². The van der Waals surface area contributed by atoms with Gasteiger partial charge < -0.3 is 8.37 Å². The molecular weight excluding hydrogens is 517 g/mol. The van der Waals surface area contributed by atoms with Gasteiger partial charge in [0.1, 0.15) is 0 Å². The number of hydrogen-bond acceptors (Lipinski definition) is 6. The second-order valence-electron chi connectivity index (χ2n) is 9.08. The Morgan fingerprint density at radius 1 is 0.694 bits per heavy atom. The van der Waals surface area contributed by atoms with Crippen LogP contribution in [0.15, 0.2) is 60.7 Å². The van der Waals surface area contributed by atoms with Crippen molar-refractivity contribution in [3.63, 3.8) is 0 Å². The zero-order valence-electron chi connectivity index (χ0n) is 19.2. The van der Waals surface area contributed by atoms with Crippen LogP contribution in [0.3, 0.4) is 0 Å². The summed E-state index contributed by atoms with van der Waals surface area (Å²) in [5.74, 6) is -0.326. The summed E-state index contributed by atoms with van der Waals surface area (Å²) in [6, 6.07) is 16.4. The van der Waals surface area contributed by atoms with Gasteiger partial charge in [-0.15, -0.1) is 0 Å². The van der Waals surface area contributed by atoms with Gasteiger partial charge in [0.2, 0.25) is 0 Å². The number of rotatable bonds is 4. The molecule has 1 aliphatic carbocycles. The van der Waals surface area contributed by atoms with Gasteiger partial charge in [0.25, 0.3) is 0 Å². The zero-order chi connectivity index (χ0) is 26.3. The highest BCUT2D eigenvalue weighted by molar-refractivity contribution is 7.88. The molecule has 0 unspecified atom stereocenters. The van der Waals surface area contributed by atoms with E-state index in [0.29, 0.717) is 32.8 Å². The van der Waals surface area contributed by atoms with E-state index in [0.717, 1.165) is 11.8 Å². The monoisotopic (exact) mass is 536 g/mol. The summed E-state index contributed by atoms with van der Waals surface area (Å²) in [6.07, 6.45) is 0.938. The smallest absolute Gasteiger partial charge is 0.382 e. The molecular formula is C25H19F3O6S2. The van der Waals surface area contributed by atoms with Gasteiger partial charge in [-0.2, -0.15) is 30.0 Å². The zero-order valence-corrected chi connectivity index (χ0v) is 20.8. The molecule has 6 nitrogen and oxygen atoms in total. The second-order valence-corrected chi connectivity index (χ2v) is 12.2. The average molecular weight is 537 g/mol. The molecule has 188 valence electrons. The average Bonchev–Trinajstić information content (AvgIpc) is 2.99. The van der Waals surface area contributed by atoms with E-state index >= 15 is 0 Å². The first-order chi connectivity index (χ1) is 16.6. The first-order valence-corrected chi connectivity index (χ1v) is 13.9. The molecule has 0 fully saturated rings. The Kier molecular flexibility index (Phi) is 5.14. The molecule has 11 heteroatoms. The van der Waals surface area contributed by atoms with Crippen molar-refractivity contribution >= 4 is 41.8 Å². The Bertz CT molecular complexity index is 1790. The lowest BCUT2D eigenvalue weighted by Gasteiger charge is -2.23. The molecule has 0 heterocycles. The predicted molar refractivity (Wildman–Crippen MR) is 130 cm³/mol. The Morgan fingerprint density at radius 3 is 1.47 bits per heavy atom. The van der Waals surface area contributed by atoms with Gasteiger partial charge in [0.15, 0.2) is 11.5 Å². The lowest BCUT2D eigenvalue weighted by molar-refractivity contribution is -0.0499. The number of alkyl halides is 3. The highest BCUT2D eigenvalue weighted by Crippen LogP contribution is 2.56. The summed E-state index contributed by atoms with van der Waals surface area (Å²) in [6.45, 7) is 3.63. The molecule has 0 spiro atoms. The number of fused-ring (bicyclic) bond motifs is 7. The van der Waals surface area contributed by atoms with Crippen LogP contribution in [0.25, 0.3) is 32.7 Å². The van der Waals surface area contributed by atoms with Gasteiger partial charge in [-0.1, -0.05) is 62.4 Å². The Hall–Kier alpha value is -3.31. The fraction of sp³-hybridized carbons (Fsp3) is 0.200. The molecule has 0 N–H and O–H groups in total. The van der Waals surface area contributed by atoms with Crippen molar-refractivity contribution in [1.82, 2.24) is 0 Å². The Morgan fingerprint density at radius 2 is 1.08 bits per heavy atom. The molecule has 0 atom stereocenters. The van der Waals surface area contributed by atoms with Crippen molar-refractivity contribution in [2.45, 2.75) is 24.8 Å². The lowest BCUT2D eigenvalue weighted by atomic mass is 9.81. The molecule has 0 aliphatic heterocycles. The highest BCUT2D eigenvalue weighted by Gasteiger charge is 2.49. The SMILES string of the molecule is CC1(C)c2cc(OS(C)(=O)=O)c3ccccc3c2-c2c1cc(OS(=O)(=O)C(F)(F)F)c1ccccc21. The van der Waals surface area contributed by atoms with E-state index in [1.807, 2.05) is 19.9 Å². The van der Waals surface area contributed by atoms with E-state index in [-0.39, 0.29) is 11.1 Å². The number of halogens is 3. The number of benzene rings is 4. The Balaban J connectivity index is 1.88. The molecule has 4 aromatic rings. The van der Waals surface area contributed by atoms with Crippen LogP contribution in [-0.2, 0) is 25.7 Å². The highest BCUT2D eigenvalue weighted by atomic mass is 32.2. The minimum atomic E-state index is -5.91. The fourth-order valence-corrected chi connectivity index (χ4v) is 5.75. The molecule has 5 rings (SSSR count). The molecule has 0 aromatic heterocycles. The third kappa shape index (κ3) is 3.68. The fourth-order valence-electron chi connectivity index (χ4n) is 4.82. The van der Waals surface area contributed by atoms with Crippen molar-refractivity contribution in [1.29, 1.82) is 0 Å². The molecule has 36 heavy (non-hydrogen) atoms. The molecule has 0 radical (unpaired) electrons. The van der Waals surface area contributed by atoms with Gasteiger partial charge >= 0.3 is 25.7 Å². The van der Waals surface area contributed by atoms with Crippen LogP contribution in [-0.4, -0.2) is 28.6 Å². The summed E-state index contributed by atoms with van der Waals surface area (Å²) >= 11 is 0. The molecule has 4 aromatic carbocycles. The van der Waals surface area contributed by atoms with Crippen molar-refractivity contribution in [2.75, 3.05) is 6.26 Å². The maximum Gasteiger partial charge on any atom is 0.534 e. The van der Waals surface area contributed by atoms with E-state index in [1.54, 1.807) is 42.5 Å². The number of hydrogen-bond donors (Lipinski definition) is 0. The minimum Gasteiger partial charge on any atom is -0.382 e. The molecule has 1 aliphatic rings. The maximum atomic E-state index is 13.1. The van der Waals surface area contributed by atoms with Crippen LogP contribution in [0, 0.1) is 0 Å². The third-order valence-corrected chi connectivity index (χ3v) is 7.78. The Labute approximate surface area is 205 Å². The topological polar surface area (TPSA) is 86.7 Å². The van der Waals surface area contributed by atoms with Gasteiger partial charge in [-0.3, -0.25) is 0 Å². The summed E-state index contributed by atoms with van der Waals surface area (Å²) in [7, 11) is -9.77. The molecule has 0 amide bonds. The van der Waals surface area contributed by atoms with E-state index in [9.17, 15) is 30.0 Å². The van der Waals surface area contributed by atoms with Gasteiger partial charge in [0.05, 0.1) is 6.26 Å². The van der Waals surface area contributed by atoms with E-state index < -0.39 is 36.9 Å². The normalized spacial score (nSPS) is 15.1. The quantitative estimate of drug-likeness (QED) is 0.240. The summed E-state index contributed by atoms with van der Waals surface area (Å²) in [4.78, 5) is 0. The van der Waals surface area contributed by atoms with Crippen molar-refractivity contribution < 1.29 is 38.4 Å². The summed E-state index contributed by atoms with van der Waals surface area (Å²) in [5, 5.41) is 1.90. The van der Waals surface area contributed by atoms with Crippen molar-refractivity contribution in [3.05, 3.63) is 71.8 Å². The molecule has 0 saturated heterocycles. The predicted octanol–water partition coefficient (Wildman–Crippen LogP) is 5.87. The minimum absolute atomic E-state index is 0.119.